The molecule has 0 saturated carbocycles. The van der Waals surface area contributed by atoms with E-state index in [0.717, 1.165) is 0 Å². The summed E-state index contributed by atoms with van der Waals surface area (Å²) in [5, 5.41) is 0. The summed E-state index contributed by atoms with van der Waals surface area (Å²) < 4.78 is 0. The van der Waals surface area contributed by atoms with Crippen LogP contribution in [-0.4, -0.2) is 6.88 Å². The topological polar surface area (TPSA) is 0 Å². The summed E-state index contributed by atoms with van der Waals surface area (Å²) in [5.41, 5.74) is 5.58. The van der Waals surface area contributed by atoms with Gasteiger partial charge in [-0.05, 0) is 11.1 Å². The molecule has 124 valence electrons. The van der Waals surface area contributed by atoms with Crippen LogP contribution >= 0.6 is 17.0 Å². The van der Waals surface area contributed by atoms with Crippen LogP contribution in [0.1, 0.15) is 34.1 Å². The van der Waals surface area contributed by atoms with Crippen molar-refractivity contribution in [3.63, 3.8) is 0 Å². The molecule has 0 spiro atoms. The van der Waals surface area contributed by atoms with E-state index in [2.05, 4.69) is 86.1 Å². The molecule has 2 atom stereocenters. The summed E-state index contributed by atoms with van der Waals surface area (Å²) in [4.78, 5) is 0. The van der Waals surface area contributed by atoms with Crippen LogP contribution in [0.2, 0.25) is 0 Å². The molecule has 0 amide bonds. The molecule has 0 nitrogen and oxygen atoms in total. The van der Waals surface area contributed by atoms with Gasteiger partial charge < -0.3 is 21.3 Å². The van der Waals surface area contributed by atoms with Gasteiger partial charge in [-0.15, -0.1) is 41.0 Å². The first-order valence-electron chi connectivity index (χ1n) is 7.06. The molecule has 2 radical (unpaired) electrons. The van der Waals surface area contributed by atoms with Gasteiger partial charge in [-0.2, -0.15) is 0 Å². The van der Waals surface area contributed by atoms with Gasteiger partial charge in [0, 0.05) is 0 Å². The third-order valence-corrected chi connectivity index (χ3v) is 4.09. The predicted molar refractivity (Wildman–Crippen MR) is 110 cm³/mol. The first-order chi connectivity index (χ1) is 10.4. The molecular weight excluding hydrogens is 451 g/mol. The minimum atomic E-state index is 0. The number of rotatable bonds is 2. The number of allylic oxidation sites excluding steroid dienone is 2. The van der Waals surface area contributed by atoms with E-state index in [-0.39, 0.29) is 31.8 Å². The summed E-state index contributed by atoms with van der Waals surface area (Å²) >= 11 is 1.36. The second-order valence-corrected chi connectivity index (χ2v) is 5.22. The number of halogens is 1. The van der Waals surface area contributed by atoms with Gasteiger partial charge in [0.1, 0.15) is 0 Å². The zero-order valence-electron chi connectivity index (χ0n) is 14.1. The molecule has 24 heavy (non-hydrogen) atoms. The summed E-state index contributed by atoms with van der Waals surface area (Å²) in [6.07, 6.45) is 11.5. The van der Waals surface area contributed by atoms with Crippen LogP contribution in [0.25, 0.3) is 12.2 Å². The fourth-order valence-corrected chi connectivity index (χ4v) is 3.11. The quantitative estimate of drug-likeness (QED) is 0.376. The third-order valence-electron chi connectivity index (χ3n) is 4.09. The van der Waals surface area contributed by atoms with Crippen molar-refractivity contribution in [2.45, 2.75) is 11.8 Å². The summed E-state index contributed by atoms with van der Waals surface area (Å²) in [7, 11) is 0. The molecule has 0 aromatic heterocycles. The number of hydrogen-bond donors (Lipinski definition) is 0. The van der Waals surface area contributed by atoms with Crippen LogP contribution < -0.4 is 0 Å². The van der Waals surface area contributed by atoms with Gasteiger partial charge in [-0.25, -0.2) is 0 Å². The van der Waals surface area contributed by atoms with Crippen LogP contribution in [0.5, 0.6) is 0 Å². The van der Waals surface area contributed by atoms with Crippen LogP contribution in [-0.2, 0) is 23.3 Å². The van der Waals surface area contributed by atoms with Gasteiger partial charge in [-0.3, -0.25) is 0 Å². The van der Waals surface area contributed by atoms with Crippen molar-refractivity contribution in [1.82, 2.24) is 0 Å². The summed E-state index contributed by atoms with van der Waals surface area (Å²) in [6.45, 7) is 3.06. The van der Waals surface area contributed by atoms with Crippen LogP contribution in [0.3, 0.4) is 0 Å². The minimum absolute atomic E-state index is 0. The molecule has 4 rings (SSSR count). The first-order valence-corrected chi connectivity index (χ1v) is 11.2. The Morgan fingerprint density at radius 1 is 0.708 bits per heavy atom. The second kappa shape index (κ2) is 11.2. The molecule has 0 aliphatic heterocycles. The average Bonchev–Trinajstić information content (AvgIpc) is 3.15. The van der Waals surface area contributed by atoms with E-state index in [1.807, 2.05) is 0 Å². The maximum absolute atomic E-state index is 3.06. The SMILES string of the molecule is Br.C1=CC([CH-]C2C=Cc3ccccc32)c2ccccc21.[CH3-].[CH3-].[Si]=[Zr]. The molecule has 0 saturated heterocycles. The van der Waals surface area contributed by atoms with E-state index in [0.29, 0.717) is 11.8 Å². The van der Waals surface area contributed by atoms with Gasteiger partial charge in [0.25, 0.3) is 0 Å². The van der Waals surface area contributed by atoms with E-state index in [9.17, 15) is 0 Å². The molecule has 2 aromatic rings. The molecule has 2 aliphatic carbocycles. The van der Waals surface area contributed by atoms with Crippen LogP contribution in [0.15, 0.2) is 60.7 Å². The Kier molecular flexibility index (Phi) is 10.9. The predicted octanol–water partition coefficient (Wildman–Crippen LogP) is 5.91. The summed E-state index contributed by atoms with van der Waals surface area (Å²) in [6, 6.07) is 17.3. The maximum atomic E-state index is 3.06. The van der Waals surface area contributed by atoms with Crippen molar-refractivity contribution in [3.05, 3.63) is 104 Å². The Balaban J connectivity index is 0.00000102. The van der Waals surface area contributed by atoms with Gasteiger partial charge in [0.2, 0.25) is 0 Å². The number of benzene rings is 2. The van der Waals surface area contributed by atoms with Crippen molar-refractivity contribution in [2.24, 2.45) is 0 Å². The van der Waals surface area contributed by atoms with Gasteiger partial charge >= 0.3 is 30.2 Å². The molecule has 0 N–H and O–H groups in total. The second-order valence-electron chi connectivity index (χ2n) is 5.22. The Morgan fingerprint density at radius 3 is 1.50 bits per heavy atom. The van der Waals surface area contributed by atoms with Gasteiger partial charge in [-0.1, -0.05) is 71.8 Å². The molecule has 0 heterocycles. The molecule has 2 aromatic carbocycles. The molecular formula is C21H22BrSiZr-3. The Hall–Kier alpha value is -0.500. The fourth-order valence-electron chi connectivity index (χ4n) is 3.11. The first kappa shape index (κ1) is 23.5. The molecule has 2 aliphatic rings. The number of fused-ring (bicyclic) bond motifs is 2. The molecule has 0 fully saturated rings. The summed E-state index contributed by atoms with van der Waals surface area (Å²) in [5.74, 6) is 0.883. The zero-order chi connectivity index (χ0) is 14.7. The standard InChI is InChI=1S/C19H15.2CH3.BrH.Si.Zr/c1-3-7-18-14(5-1)9-11-16(18)13-17-12-10-15-6-2-4-8-19(15)17;;;;;/h1-13,16-17H;2*1H3;1H;;/q3*-1;;;. The normalized spacial score (nSPS) is 18.0. The van der Waals surface area contributed by atoms with Gasteiger partial charge in [0.15, 0.2) is 0 Å². The van der Waals surface area contributed by atoms with Crippen molar-refractivity contribution in [1.29, 1.82) is 0 Å². The van der Waals surface area contributed by atoms with E-state index >= 15 is 0 Å². The zero-order valence-corrected chi connectivity index (χ0v) is 19.2. The monoisotopic (exact) mass is 471 g/mol. The van der Waals surface area contributed by atoms with Crippen molar-refractivity contribution in [3.8, 4) is 0 Å². The average molecular weight is 474 g/mol. The molecule has 2 unspecified atom stereocenters. The Bertz CT molecular complexity index is 649. The van der Waals surface area contributed by atoms with Crippen LogP contribution in [0.4, 0.5) is 0 Å². The van der Waals surface area contributed by atoms with E-state index in [1.165, 1.54) is 45.6 Å². The third kappa shape index (κ3) is 4.77. The van der Waals surface area contributed by atoms with Crippen molar-refractivity contribution >= 4 is 36.0 Å². The molecule has 3 heteroatoms. The van der Waals surface area contributed by atoms with E-state index in [4.69, 9.17) is 0 Å². The van der Waals surface area contributed by atoms with Crippen LogP contribution in [0, 0.1) is 21.3 Å². The fraction of sp³-hybridized carbons (Fsp3) is 0.0952. The van der Waals surface area contributed by atoms with E-state index in [1.54, 1.807) is 0 Å². The van der Waals surface area contributed by atoms with E-state index < -0.39 is 0 Å². The molecule has 0 bridgehead atoms. The number of hydrogen-bond acceptors (Lipinski definition) is 0. The Labute approximate surface area is 174 Å². The van der Waals surface area contributed by atoms with Crippen molar-refractivity contribution < 1.29 is 23.3 Å². The Morgan fingerprint density at radius 2 is 1.08 bits per heavy atom. The van der Waals surface area contributed by atoms with Crippen molar-refractivity contribution in [2.75, 3.05) is 0 Å². The van der Waals surface area contributed by atoms with Gasteiger partial charge in [0.05, 0.1) is 0 Å².